The summed E-state index contributed by atoms with van der Waals surface area (Å²) >= 11 is 0. The molecule has 10 heteroatoms. The predicted molar refractivity (Wildman–Crippen MR) is 218 cm³/mol. The van der Waals surface area contributed by atoms with Crippen molar-refractivity contribution in [2.45, 2.75) is 81.6 Å². The number of ether oxygens (including phenoxy) is 2. The van der Waals surface area contributed by atoms with Crippen LogP contribution in [0.25, 0.3) is 11.1 Å². The van der Waals surface area contributed by atoms with Crippen LogP contribution in [-0.4, -0.2) is 56.1 Å². The highest BCUT2D eigenvalue weighted by Crippen LogP contribution is 2.39. The van der Waals surface area contributed by atoms with Crippen molar-refractivity contribution < 1.29 is 27.8 Å². The average Bonchev–Trinajstić information content (AvgIpc) is 3.23. The number of benzene rings is 5. The number of amides is 1. The number of piperidine rings is 1. The van der Waals surface area contributed by atoms with Crippen molar-refractivity contribution in [1.82, 2.24) is 14.9 Å². The minimum Gasteiger partial charge on any atom is -0.392 e. The second kappa shape index (κ2) is 18.5. The van der Waals surface area contributed by atoms with E-state index in [0.717, 1.165) is 70.6 Å². The van der Waals surface area contributed by atoms with E-state index in [2.05, 4.69) is 27.1 Å². The van der Waals surface area contributed by atoms with Crippen LogP contribution < -0.4 is 10.0 Å². The maximum Gasteiger partial charge on any atom is 0.241 e. The van der Waals surface area contributed by atoms with E-state index in [-0.39, 0.29) is 36.7 Å². The highest BCUT2D eigenvalue weighted by molar-refractivity contribution is 7.89. The molecule has 56 heavy (non-hydrogen) atoms. The number of aliphatic hydroxyl groups is 1. The predicted octanol–water partition coefficient (Wildman–Crippen LogP) is 7.39. The van der Waals surface area contributed by atoms with Crippen LogP contribution in [-0.2, 0) is 43.9 Å². The van der Waals surface area contributed by atoms with Crippen LogP contribution in [0.1, 0.15) is 71.5 Å². The first-order chi connectivity index (χ1) is 27.2. The van der Waals surface area contributed by atoms with E-state index in [1.165, 1.54) is 19.3 Å². The van der Waals surface area contributed by atoms with E-state index >= 15 is 0 Å². The van der Waals surface area contributed by atoms with Gasteiger partial charge in [0.2, 0.25) is 15.9 Å². The van der Waals surface area contributed by atoms with Crippen molar-refractivity contribution in [3.05, 3.63) is 161 Å². The molecule has 1 amide bonds. The summed E-state index contributed by atoms with van der Waals surface area (Å²) in [7, 11) is -3.96. The maximum atomic E-state index is 13.7. The second-order valence-corrected chi connectivity index (χ2v) is 16.6. The maximum absolute atomic E-state index is 13.7. The Hall–Kier alpha value is -4.68. The number of sulfonamides is 1. The summed E-state index contributed by atoms with van der Waals surface area (Å²) in [6.07, 6.45) is 3.93. The molecule has 0 radical (unpaired) electrons. The number of hydrogen-bond acceptors (Lipinski definition) is 7. The fourth-order valence-corrected chi connectivity index (χ4v) is 8.71. The largest absolute Gasteiger partial charge is 0.392 e. The molecule has 5 aromatic carbocycles. The van der Waals surface area contributed by atoms with Gasteiger partial charge in [-0.3, -0.25) is 4.79 Å². The van der Waals surface area contributed by atoms with Crippen LogP contribution in [0.4, 0.5) is 0 Å². The Balaban J connectivity index is 1.06. The molecule has 7 rings (SSSR count). The molecule has 5 aromatic rings. The first-order valence-electron chi connectivity index (χ1n) is 19.6. The van der Waals surface area contributed by atoms with E-state index in [1.807, 2.05) is 97.9 Å². The lowest BCUT2D eigenvalue weighted by atomic mass is 9.98. The summed E-state index contributed by atoms with van der Waals surface area (Å²) < 4.78 is 42.7. The van der Waals surface area contributed by atoms with Gasteiger partial charge in [0.05, 0.1) is 23.7 Å². The molecule has 3 N–H and O–H groups in total. The molecule has 2 heterocycles. The summed E-state index contributed by atoms with van der Waals surface area (Å²) in [5, 5.41) is 12.6. The smallest absolute Gasteiger partial charge is 0.241 e. The van der Waals surface area contributed by atoms with Gasteiger partial charge in [0, 0.05) is 25.1 Å². The Labute approximate surface area is 330 Å². The van der Waals surface area contributed by atoms with Crippen LogP contribution in [0.5, 0.6) is 0 Å². The monoisotopic (exact) mass is 773 g/mol. The lowest BCUT2D eigenvalue weighted by Crippen LogP contribution is -2.47. The Kier molecular flexibility index (Phi) is 13.1. The SMILES string of the molecule is Cc1ccc(S(=O)(=O)NC(Cc2ccccc2)C(=O)NCc2cccc(-c3cccc(C4OC(CN5CCCCC5)CC(c5ccc(CO)cc5)O4)c3)c2)cc1. The van der Waals surface area contributed by atoms with Crippen molar-refractivity contribution in [3.8, 4) is 11.1 Å². The van der Waals surface area contributed by atoms with Crippen LogP contribution in [0.15, 0.2) is 132 Å². The minimum atomic E-state index is -3.96. The summed E-state index contributed by atoms with van der Waals surface area (Å²) in [6.45, 7) is 5.14. The molecule has 292 valence electrons. The van der Waals surface area contributed by atoms with Gasteiger partial charge in [-0.1, -0.05) is 115 Å². The topological polar surface area (TPSA) is 117 Å². The van der Waals surface area contributed by atoms with Crippen molar-refractivity contribution in [2.24, 2.45) is 0 Å². The fourth-order valence-electron chi connectivity index (χ4n) is 7.51. The Bertz CT molecular complexity index is 2160. The van der Waals surface area contributed by atoms with Crippen molar-refractivity contribution in [1.29, 1.82) is 0 Å². The van der Waals surface area contributed by atoms with Gasteiger partial charge in [0.25, 0.3) is 0 Å². The summed E-state index contributed by atoms with van der Waals surface area (Å²) in [6, 6.07) is 39.1. The molecule has 9 nitrogen and oxygen atoms in total. The zero-order valence-corrected chi connectivity index (χ0v) is 32.7. The van der Waals surface area contributed by atoms with Gasteiger partial charge in [-0.2, -0.15) is 4.72 Å². The van der Waals surface area contributed by atoms with Crippen LogP contribution in [0.2, 0.25) is 0 Å². The first kappa shape index (κ1) is 39.6. The average molecular weight is 774 g/mol. The number of hydrogen-bond donors (Lipinski definition) is 3. The Morgan fingerprint density at radius 2 is 1.46 bits per heavy atom. The lowest BCUT2D eigenvalue weighted by Gasteiger charge is -2.39. The molecule has 0 spiro atoms. The number of aliphatic hydroxyl groups excluding tert-OH is 1. The quantitative estimate of drug-likeness (QED) is 0.108. The number of rotatable bonds is 14. The van der Waals surface area contributed by atoms with Gasteiger partial charge >= 0.3 is 0 Å². The molecule has 2 aliphatic heterocycles. The molecule has 4 atom stereocenters. The zero-order valence-electron chi connectivity index (χ0n) is 31.8. The standard InChI is InChI=1S/C46H51N3O6S/c1-33-16-22-42(23-17-33)56(52,53)48-43(27-34-10-4-2-5-11-34)45(51)47-30-36-12-8-13-38(26-36)39-14-9-15-40(28-39)46-54-41(31-49-24-6-3-7-25-49)29-44(55-46)37-20-18-35(32-50)19-21-37/h2,4-5,8-23,26,28,41,43-44,46,48,50H,3,6-7,24-25,27,29-32H2,1H3,(H,47,51). The van der Waals surface area contributed by atoms with Crippen molar-refractivity contribution in [3.63, 3.8) is 0 Å². The van der Waals surface area contributed by atoms with Crippen LogP contribution >= 0.6 is 0 Å². The molecule has 2 fully saturated rings. The fraction of sp³-hybridized carbons (Fsp3) is 0.326. The number of aryl methyl sites for hydroxylation is 1. The van der Waals surface area contributed by atoms with E-state index < -0.39 is 28.3 Å². The first-order valence-corrected chi connectivity index (χ1v) is 21.0. The summed E-state index contributed by atoms with van der Waals surface area (Å²) in [5.41, 5.74) is 7.47. The third kappa shape index (κ3) is 10.4. The zero-order chi connectivity index (χ0) is 38.9. The van der Waals surface area contributed by atoms with Gasteiger partial charge < -0.3 is 24.8 Å². The molecule has 0 saturated carbocycles. The van der Waals surface area contributed by atoms with E-state index in [4.69, 9.17) is 9.47 Å². The minimum absolute atomic E-state index is 0.000330. The Morgan fingerprint density at radius 1 is 0.768 bits per heavy atom. The van der Waals surface area contributed by atoms with Gasteiger partial charge in [0.15, 0.2) is 6.29 Å². The van der Waals surface area contributed by atoms with Gasteiger partial charge in [-0.25, -0.2) is 8.42 Å². The number of carbonyl (C=O) groups is 1. The molecular weight excluding hydrogens is 723 g/mol. The van der Waals surface area contributed by atoms with E-state index in [9.17, 15) is 18.3 Å². The second-order valence-electron chi connectivity index (χ2n) is 14.9. The van der Waals surface area contributed by atoms with Gasteiger partial charge in [0.1, 0.15) is 6.04 Å². The summed E-state index contributed by atoms with van der Waals surface area (Å²) in [4.78, 5) is 16.3. The number of carbonyl (C=O) groups excluding carboxylic acids is 1. The molecule has 4 unspecified atom stereocenters. The highest BCUT2D eigenvalue weighted by atomic mass is 32.2. The number of likely N-dealkylation sites (tertiary alicyclic amines) is 1. The molecule has 0 bridgehead atoms. The lowest BCUT2D eigenvalue weighted by molar-refractivity contribution is -0.253. The normalized spacial score (nSPS) is 19.6. The number of nitrogens with one attached hydrogen (secondary N) is 2. The van der Waals surface area contributed by atoms with E-state index in [1.54, 1.807) is 24.3 Å². The highest BCUT2D eigenvalue weighted by Gasteiger charge is 2.33. The van der Waals surface area contributed by atoms with Crippen molar-refractivity contribution in [2.75, 3.05) is 19.6 Å². The Morgan fingerprint density at radius 3 is 2.20 bits per heavy atom. The molecule has 2 saturated heterocycles. The van der Waals surface area contributed by atoms with E-state index in [0.29, 0.717) is 0 Å². The summed E-state index contributed by atoms with van der Waals surface area (Å²) in [5.74, 6) is -0.414. The van der Waals surface area contributed by atoms with Crippen LogP contribution in [0, 0.1) is 6.92 Å². The van der Waals surface area contributed by atoms with Gasteiger partial charge in [-0.15, -0.1) is 0 Å². The third-order valence-corrected chi connectivity index (χ3v) is 12.1. The van der Waals surface area contributed by atoms with Crippen molar-refractivity contribution >= 4 is 15.9 Å². The van der Waals surface area contributed by atoms with Crippen LogP contribution in [0.3, 0.4) is 0 Å². The number of nitrogens with zero attached hydrogens (tertiary/aromatic N) is 1. The van der Waals surface area contributed by atoms with Gasteiger partial charge in [-0.05, 0) is 96.9 Å². The molecule has 2 aliphatic rings. The molecular formula is C46H51N3O6S. The third-order valence-electron chi connectivity index (χ3n) is 10.6. The molecule has 0 aliphatic carbocycles. The molecule has 0 aromatic heterocycles.